The summed E-state index contributed by atoms with van der Waals surface area (Å²) in [4.78, 5) is 11.6. The van der Waals surface area contributed by atoms with Gasteiger partial charge in [-0.05, 0) is 29.8 Å². The van der Waals surface area contributed by atoms with Gasteiger partial charge in [-0.1, -0.05) is 30.3 Å². The van der Waals surface area contributed by atoms with Gasteiger partial charge in [0.1, 0.15) is 12.4 Å². The summed E-state index contributed by atoms with van der Waals surface area (Å²) >= 11 is 0. The molecule has 21 heavy (non-hydrogen) atoms. The van der Waals surface area contributed by atoms with E-state index in [0.717, 1.165) is 5.56 Å². The fourth-order valence-corrected chi connectivity index (χ4v) is 1.70. The van der Waals surface area contributed by atoms with E-state index < -0.39 is 11.8 Å². The van der Waals surface area contributed by atoms with E-state index in [4.69, 9.17) is 10.00 Å². The van der Waals surface area contributed by atoms with Crippen LogP contribution in [0, 0.1) is 17.1 Å². The Morgan fingerprint density at radius 2 is 2.05 bits per heavy atom. The molecule has 0 unspecified atom stereocenters. The number of nitrogens with zero attached hydrogens (tertiary/aromatic N) is 1. The van der Waals surface area contributed by atoms with Crippen LogP contribution in [0.1, 0.15) is 16.7 Å². The number of esters is 1. The van der Waals surface area contributed by atoms with E-state index in [-0.39, 0.29) is 6.61 Å². The first-order chi connectivity index (χ1) is 10.2. The molecule has 0 fully saturated rings. The Kier molecular flexibility index (Phi) is 4.84. The molecule has 2 aromatic rings. The lowest BCUT2D eigenvalue weighted by Gasteiger charge is -2.02. The van der Waals surface area contributed by atoms with Crippen molar-refractivity contribution in [3.63, 3.8) is 0 Å². The molecular formula is C17H12FNO2. The molecule has 0 aliphatic carbocycles. The third-order valence-corrected chi connectivity index (χ3v) is 2.74. The molecule has 2 aromatic carbocycles. The Balaban J connectivity index is 1.93. The summed E-state index contributed by atoms with van der Waals surface area (Å²) in [5, 5.41) is 8.77. The van der Waals surface area contributed by atoms with E-state index in [1.54, 1.807) is 42.5 Å². The van der Waals surface area contributed by atoms with Crippen LogP contribution in [0.5, 0.6) is 0 Å². The molecule has 0 aliphatic rings. The van der Waals surface area contributed by atoms with Crippen molar-refractivity contribution in [1.82, 2.24) is 0 Å². The van der Waals surface area contributed by atoms with Crippen molar-refractivity contribution in [3.8, 4) is 6.07 Å². The minimum absolute atomic E-state index is 0.0654. The number of nitriles is 1. The van der Waals surface area contributed by atoms with E-state index in [1.807, 2.05) is 6.07 Å². The Hall–Kier alpha value is -2.93. The lowest BCUT2D eigenvalue weighted by molar-refractivity contribution is -0.138. The monoisotopic (exact) mass is 281 g/mol. The van der Waals surface area contributed by atoms with E-state index in [1.165, 1.54) is 18.2 Å². The fourth-order valence-electron chi connectivity index (χ4n) is 1.70. The van der Waals surface area contributed by atoms with Crippen molar-refractivity contribution in [3.05, 3.63) is 77.1 Å². The first kappa shape index (κ1) is 14.5. The third kappa shape index (κ3) is 4.29. The van der Waals surface area contributed by atoms with E-state index in [2.05, 4.69) is 0 Å². The van der Waals surface area contributed by atoms with Gasteiger partial charge in [-0.25, -0.2) is 9.18 Å². The Morgan fingerprint density at radius 1 is 1.24 bits per heavy atom. The molecule has 0 saturated carbocycles. The number of carbonyl (C=O) groups is 1. The van der Waals surface area contributed by atoms with Crippen LogP contribution in [0.15, 0.2) is 54.6 Å². The molecular weight excluding hydrogens is 269 g/mol. The highest BCUT2D eigenvalue weighted by molar-refractivity contribution is 5.87. The minimum atomic E-state index is -0.569. The fraction of sp³-hybridized carbons (Fsp3) is 0.0588. The maximum atomic E-state index is 13.3. The van der Waals surface area contributed by atoms with Crippen molar-refractivity contribution in [2.75, 3.05) is 0 Å². The van der Waals surface area contributed by atoms with Crippen molar-refractivity contribution < 1.29 is 13.9 Å². The lowest BCUT2D eigenvalue weighted by atomic mass is 10.1. The van der Waals surface area contributed by atoms with E-state index in [0.29, 0.717) is 11.1 Å². The predicted molar refractivity (Wildman–Crippen MR) is 76.4 cm³/mol. The smallest absolute Gasteiger partial charge is 0.331 e. The standard InChI is InChI=1S/C17H12FNO2/c18-16-7-2-1-6-15(16)8-9-17(20)21-12-14-5-3-4-13(10-14)11-19/h1-10H,12H2/b9-8+. The lowest BCUT2D eigenvalue weighted by Crippen LogP contribution is -2.01. The molecule has 4 heteroatoms. The summed E-state index contributed by atoms with van der Waals surface area (Å²) in [5.74, 6) is -0.969. The largest absolute Gasteiger partial charge is 0.458 e. The first-order valence-corrected chi connectivity index (χ1v) is 6.27. The summed E-state index contributed by atoms with van der Waals surface area (Å²) < 4.78 is 18.4. The van der Waals surface area contributed by atoms with Gasteiger partial charge >= 0.3 is 5.97 Å². The molecule has 0 aliphatic heterocycles. The van der Waals surface area contributed by atoms with Gasteiger partial charge in [0.25, 0.3) is 0 Å². The minimum Gasteiger partial charge on any atom is -0.458 e. The highest BCUT2D eigenvalue weighted by Gasteiger charge is 2.01. The summed E-state index contributed by atoms with van der Waals surface area (Å²) in [5.41, 5.74) is 1.55. The molecule has 0 radical (unpaired) electrons. The van der Waals surface area contributed by atoms with E-state index >= 15 is 0 Å². The van der Waals surface area contributed by atoms with E-state index in [9.17, 15) is 9.18 Å². The first-order valence-electron chi connectivity index (χ1n) is 6.27. The van der Waals surface area contributed by atoms with Crippen molar-refractivity contribution in [1.29, 1.82) is 5.26 Å². The van der Waals surface area contributed by atoms with Crippen molar-refractivity contribution >= 4 is 12.0 Å². The SMILES string of the molecule is N#Cc1cccc(COC(=O)/C=C/c2ccccc2F)c1. The highest BCUT2D eigenvalue weighted by atomic mass is 19.1. The average Bonchev–Trinajstić information content (AvgIpc) is 2.52. The van der Waals surface area contributed by atoms with Gasteiger partial charge < -0.3 is 4.74 Å². The molecule has 104 valence electrons. The van der Waals surface area contributed by atoms with Crippen LogP contribution in [0.25, 0.3) is 6.08 Å². The van der Waals surface area contributed by atoms with Crippen molar-refractivity contribution in [2.24, 2.45) is 0 Å². The normalized spacial score (nSPS) is 10.3. The van der Waals surface area contributed by atoms with Crippen LogP contribution in [0.2, 0.25) is 0 Å². The number of halogens is 1. The van der Waals surface area contributed by atoms with Crippen LogP contribution in [0.4, 0.5) is 4.39 Å². The molecule has 0 spiro atoms. The van der Waals surface area contributed by atoms with Crippen LogP contribution in [-0.2, 0) is 16.1 Å². The number of benzene rings is 2. The third-order valence-electron chi connectivity index (χ3n) is 2.74. The van der Waals surface area contributed by atoms with Crippen LogP contribution in [0.3, 0.4) is 0 Å². The number of hydrogen-bond acceptors (Lipinski definition) is 3. The maximum absolute atomic E-state index is 13.3. The predicted octanol–water partition coefficient (Wildman–Crippen LogP) is 3.45. The summed E-state index contributed by atoms with van der Waals surface area (Å²) in [6.45, 7) is 0.0654. The molecule has 0 atom stereocenters. The summed E-state index contributed by atoms with van der Waals surface area (Å²) in [6, 6.07) is 14.9. The van der Waals surface area contributed by atoms with Gasteiger partial charge in [0.2, 0.25) is 0 Å². The second-order valence-corrected chi connectivity index (χ2v) is 4.27. The van der Waals surface area contributed by atoms with Crippen molar-refractivity contribution in [2.45, 2.75) is 6.61 Å². The van der Waals surface area contributed by atoms with Gasteiger partial charge in [0.05, 0.1) is 11.6 Å². The molecule has 0 bridgehead atoms. The highest BCUT2D eigenvalue weighted by Crippen LogP contribution is 2.09. The molecule has 0 aromatic heterocycles. The zero-order valence-electron chi connectivity index (χ0n) is 11.1. The summed E-state index contributed by atoms with van der Waals surface area (Å²) in [6.07, 6.45) is 2.54. The zero-order valence-corrected chi connectivity index (χ0v) is 11.1. The summed E-state index contributed by atoms with van der Waals surface area (Å²) in [7, 11) is 0. The van der Waals surface area contributed by atoms with Crippen LogP contribution in [-0.4, -0.2) is 5.97 Å². The molecule has 0 amide bonds. The topological polar surface area (TPSA) is 50.1 Å². The van der Waals surface area contributed by atoms with Crippen LogP contribution < -0.4 is 0 Å². The molecule has 3 nitrogen and oxygen atoms in total. The average molecular weight is 281 g/mol. The number of rotatable bonds is 4. The number of carbonyl (C=O) groups excluding carboxylic acids is 1. The second-order valence-electron chi connectivity index (χ2n) is 4.27. The molecule has 0 heterocycles. The van der Waals surface area contributed by atoms with Gasteiger partial charge in [-0.15, -0.1) is 0 Å². The molecule has 0 N–H and O–H groups in total. The quantitative estimate of drug-likeness (QED) is 0.637. The molecule has 2 rings (SSSR count). The van der Waals surface area contributed by atoms with Gasteiger partial charge in [0.15, 0.2) is 0 Å². The zero-order chi connectivity index (χ0) is 15.1. The Labute approximate surface area is 121 Å². The Bertz CT molecular complexity index is 717. The number of hydrogen-bond donors (Lipinski definition) is 0. The van der Waals surface area contributed by atoms with Gasteiger partial charge in [-0.2, -0.15) is 5.26 Å². The number of ether oxygens (including phenoxy) is 1. The Morgan fingerprint density at radius 3 is 2.81 bits per heavy atom. The van der Waals surface area contributed by atoms with Crippen LogP contribution >= 0.6 is 0 Å². The second kappa shape index (κ2) is 7.01. The van der Waals surface area contributed by atoms with Gasteiger partial charge in [-0.3, -0.25) is 0 Å². The van der Waals surface area contributed by atoms with Gasteiger partial charge in [0, 0.05) is 11.6 Å². The molecule has 0 saturated heterocycles. The maximum Gasteiger partial charge on any atom is 0.331 e.